The van der Waals surface area contributed by atoms with Crippen molar-refractivity contribution in [3.63, 3.8) is 0 Å². The van der Waals surface area contributed by atoms with E-state index in [9.17, 15) is 4.79 Å². The van der Waals surface area contributed by atoms with Gasteiger partial charge in [-0.25, -0.2) is 0 Å². The molecule has 0 saturated heterocycles. The zero-order valence-corrected chi connectivity index (χ0v) is 20.1. The summed E-state index contributed by atoms with van der Waals surface area (Å²) in [4.78, 5) is 12.1. The summed E-state index contributed by atoms with van der Waals surface area (Å²) in [5.41, 5.74) is 3.15. The Labute approximate surface area is 196 Å². The highest BCUT2D eigenvalue weighted by Crippen LogP contribution is 2.37. The summed E-state index contributed by atoms with van der Waals surface area (Å²) in [5.74, 6) is 2.32. The van der Waals surface area contributed by atoms with Crippen LogP contribution in [0.3, 0.4) is 0 Å². The second-order valence-corrected chi connectivity index (χ2v) is 8.43. The summed E-state index contributed by atoms with van der Waals surface area (Å²) in [5, 5.41) is 3.36. The quantitative estimate of drug-likeness (QED) is 0.343. The van der Waals surface area contributed by atoms with E-state index in [0.29, 0.717) is 30.2 Å². The van der Waals surface area contributed by atoms with Crippen LogP contribution in [0.15, 0.2) is 66.7 Å². The SMILES string of the molecule is CCC(=O)OC(CNC(C)C)c1ccc(Oc2ccc(C)cc2)c(Oc2ccc(C)cc2)c1. The van der Waals surface area contributed by atoms with Crippen molar-refractivity contribution in [2.45, 2.75) is 53.2 Å². The molecule has 0 spiro atoms. The smallest absolute Gasteiger partial charge is 0.306 e. The Bertz CT molecular complexity index is 1040. The van der Waals surface area contributed by atoms with Gasteiger partial charge in [0.25, 0.3) is 0 Å². The highest BCUT2D eigenvalue weighted by atomic mass is 16.5. The van der Waals surface area contributed by atoms with E-state index in [1.807, 2.05) is 80.6 Å². The number of hydrogen-bond donors (Lipinski definition) is 1. The third kappa shape index (κ3) is 7.36. The first kappa shape index (κ1) is 24.3. The van der Waals surface area contributed by atoms with Crippen LogP contribution in [0.25, 0.3) is 0 Å². The van der Waals surface area contributed by atoms with Crippen LogP contribution in [0, 0.1) is 13.8 Å². The van der Waals surface area contributed by atoms with Gasteiger partial charge in [-0.2, -0.15) is 0 Å². The van der Waals surface area contributed by atoms with Gasteiger partial charge in [0.2, 0.25) is 0 Å². The maximum absolute atomic E-state index is 12.1. The van der Waals surface area contributed by atoms with Crippen LogP contribution in [-0.4, -0.2) is 18.6 Å². The van der Waals surface area contributed by atoms with E-state index in [0.717, 1.165) is 22.4 Å². The molecule has 174 valence electrons. The van der Waals surface area contributed by atoms with E-state index in [1.165, 1.54) is 0 Å². The van der Waals surface area contributed by atoms with Crippen molar-refractivity contribution in [2.75, 3.05) is 6.54 Å². The molecular weight excluding hydrogens is 414 g/mol. The number of hydrogen-bond acceptors (Lipinski definition) is 5. The molecule has 0 saturated carbocycles. The van der Waals surface area contributed by atoms with Gasteiger partial charge in [0, 0.05) is 19.0 Å². The van der Waals surface area contributed by atoms with Crippen LogP contribution in [0.5, 0.6) is 23.0 Å². The predicted molar refractivity (Wildman–Crippen MR) is 131 cm³/mol. The van der Waals surface area contributed by atoms with Crippen molar-refractivity contribution in [3.05, 3.63) is 83.4 Å². The van der Waals surface area contributed by atoms with Crippen LogP contribution >= 0.6 is 0 Å². The van der Waals surface area contributed by atoms with E-state index < -0.39 is 6.10 Å². The zero-order chi connectivity index (χ0) is 23.8. The first-order valence-corrected chi connectivity index (χ1v) is 11.4. The van der Waals surface area contributed by atoms with E-state index in [-0.39, 0.29) is 12.0 Å². The minimum atomic E-state index is -0.436. The summed E-state index contributed by atoms with van der Waals surface area (Å²) in [6.45, 7) is 10.5. The number of ether oxygens (including phenoxy) is 3. The molecule has 0 radical (unpaired) electrons. The van der Waals surface area contributed by atoms with Crippen molar-refractivity contribution < 1.29 is 19.0 Å². The Hall–Kier alpha value is -3.31. The molecule has 5 heteroatoms. The highest BCUT2D eigenvalue weighted by molar-refractivity contribution is 5.69. The van der Waals surface area contributed by atoms with E-state index in [4.69, 9.17) is 14.2 Å². The third-order valence-corrected chi connectivity index (χ3v) is 5.11. The zero-order valence-electron chi connectivity index (χ0n) is 20.1. The van der Waals surface area contributed by atoms with Crippen molar-refractivity contribution in [2.24, 2.45) is 0 Å². The number of benzene rings is 3. The molecular formula is C28H33NO4. The Morgan fingerprint density at radius 1 is 0.818 bits per heavy atom. The molecule has 0 aromatic heterocycles. The fraction of sp³-hybridized carbons (Fsp3) is 0.321. The van der Waals surface area contributed by atoms with Crippen LogP contribution < -0.4 is 14.8 Å². The number of rotatable bonds is 10. The molecule has 0 aliphatic rings. The van der Waals surface area contributed by atoms with Gasteiger partial charge in [0.15, 0.2) is 11.5 Å². The molecule has 33 heavy (non-hydrogen) atoms. The molecule has 3 aromatic carbocycles. The second kappa shape index (κ2) is 11.5. The standard InChI is InChI=1S/C28H33NO4/c1-6-28(30)33-27(18-29-19(2)3)22-11-16-25(31-23-12-7-20(4)8-13-23)26(17-22)32-24-14-9-21(5)10-15-24/h7-17,19,27,29H,6,18H2,1-5H3. The van der Waals surface area contributed by atoms with Gasteiger partial charge < -0.3 is 19.5 Å². The van der Waals surface area contributed by atoms with Crippen molar-refractivity contribution in [3.8, 4) is 23.0 Å². The average molecular weight is 448 g/mol. The molecule has 5 nitrogen and oxygen atoms in total. The normalized spacial score (nSPS) is 11.8. The molecule has 0 bridgehead atoms. The summed E-state index contributed by atoms with van der Waals surface area (Å²) >= 11 is 0. The Balaban J connectivity index is 1.95. The predicted octanol–water partition coefficient (Wildman–Crippen LogP) is 6.88. The minimum Gasteiger partial charge on any atom is -0.456 e. The van der Waals surface area contributed by atoms with Crippen molar-refractivity contribution in [1.29, 1.82) is 0 Å². The highest BCUT2D eigenvalue weighted by Gasteiger charge is 2.19. The van der Waals surface area contributed by atoms with Gasteiger partial charge in [0.1, 0.15) is 17.6 Å². The molecule has 0 fully saturated rings. The van der Waals surface area contributed by atoms with Gasteiger partial charge in [-0.05, 0) is 55.8 Å². The number of aryl methyl sites for hydroxylation is 2. The molecule has 1 unspecified atom stereocenters. The Morgan fingerprint density at radius 3 is 1.88 bits per heavy atom. The number of carbonyl (C=O) groups is 1. The average Bonchev–Trinajstić information content (AvgIpc) is 2.80. The van der Waals surface area contributed by atoms with Gasteiger partial charge in [-0.1, -0.05) is 62.2 Å². The van der Waals surface area contributed by atoms with Crippen molar-refractivity contribution >= 4 is 5.97 Å². The third-order valence-electron chi connectivity index (χ3n) is 5.11. The summed E-state index contributed by atoms with van der Waals surface area (Å²) in [6.07, 6.45) is -0.117. The molecule has 0 heterocycles. The second-order valence-electron chi connectivity index (χ2n) is 8.43. The lowest BCUT2D eigenvalue weighted by Gasteiger charge is -2.22. The first-order valence-electron chi connectivity index (χ1n) is 11.4. The van der Waals surface area contributed by atoms with E-state index in [2.05, 4.69) is 19.2 Å². The Morgan fingerprint density at radius 2 is 1.36 bits per heavy atom. The van der Waals surface area contributed by atoms with Gasteiger partial charge in [-0.15, -0.1) is 0 Å². The molecule has 0 aliphatic carbocycles. The number of carbonyl (C=O) groups excluding carboxylic acids is 1. The fourth-order valence-corrected chi connectivity index (χ4v) is 3.17. The molecule has 1 N–H and O–H groups in total. The van der Waals surface area contributed by atoms with Crippen LogP contribution in [-0.2, 0) is 9.53 Å². The topological polar surface area (TPSA) is 56.8 Å². The maximum atomic E-state index is 12.1. The fourth-order valence-electron chi connectivity index (χ4n) is 3.17. The minimum absolute atomic E-state index is 0.244. The summed E-state index contributed by atoms with van der Waals surface area (Å²) < 4.78 is 18.1. The first-order chi connectivity index (χ1) is 15.8. The van der Waals surface area contributed by atoms with Gasteiger partial charge >= 0.3 is 5.97 Å². The maximum Gasteiger partial charge on any atom is 0.306 e. The van der Waals surface area contributed by atoms with Crippen molar-refractivity contribution in [1.82, 2.24) is 5.32 Å². The van der Waals surface area contributed by atoms with E-state index in [1.54, 1.807) is 6.92 Å². The molecule has 3 aromatic rings. The number of nitrogens with one attached hydrogen (secondary N) is 1. The lowest BCUT2D eigenvalue weighted by molar-refractivity contribution is -0.149. The van der Waals surface area contributed by atoms with Gasteiger partial charge in [0.05, 0.1) is 0 Å². The molecule has 3 rings (SSSR count). The summed E-state index contributed by atoms with van der Waals surface area (Å²) in [6, 6.07) is 21.6. The van der Waals surface area contributed by atoms with Crippen LogP contribution in [0.4, 0.5) is 0 Å². The lowest BCUT2D eigenvalue weighted by atomic mass is 10.1. The van der Waals surface area contributed by atoms with E-state index >= 15 is 0 Å². The monoisotopic (exact) mass is 447 g/mol. The van der Waals surface area contributed by atoms with Crippen LogP contribution in [0.2, 0.25) is 0 Å². The Kier molecular flexibility index (Phi) is 8.50. The molecule has 0 amide bonds. The van der Waals surface area contributed by atoms with Gasteiger partial charge in [-0.3, -0.25) is 4.79 Å². The lowest BCUT2D eigenvalue weighted by Crippen LogP contribution is -2.30. The molecule has 0 aliphatic heterocycles. The summed E-state index contributed by atoms with van der Waals surface area (Å²) in [7, 11) is 0. The molecule has 1 atom stereocenters. The number of esters is 1. The van der Waals surface area contributed by atoms with Crippen LogP contribution in [0.1, 0.15) is 50.0 Å². The largest absolute Gasteiger partial charge is 0.456 e.